The summed E-state index contributed by atoms with van der Waals surface area (Å²) in [5.74, 6) is -0.304. The van der Waals surface area contributed by atoms with Gasteiger partial charge in [0.2, 0.25) is 0 Å². The predicted octanol–water partition coefficient (Wildman–Crippen LogP) is 3.53. The average molecular weight is 258 g/mol. The van der Waals surface area contributed by atoms with Crippen LogP contribution in [0.25, 0.3) is 0 Å². The molecule has 0 saturated carbocycles. The van der Waals surface area contributed by atoms with Crippen LogP contribution in [0.3, 0.4) is 0 Å². The zero-order valence-corrected chi connectivity index (χ0v) is 11.2. The Morgan fingerprint density at radius 2 is 2.05 bits per heavy atom. The number of hydrogen-bond donors (Lipinski definition) is 1. The summed E-state index contributed by atoms with van der Waals surface area (Å²) in [7, 11) is 0. The van der Waals surface area contributed by atoms with E-state index < -0.39 is 5.97 Å². The molecule has 1 aromatic carbocycles. The van der Waals surface area contributed by atoms with Crippen molar-refractivity contribution >= 4 is 5.97 Å². The molecule has 0 aliphatic heterocycles. The maximum Gasteiger partial charge on any atom is 0.339 e. The standard InChI is InChI=1S/C16H18O3/c1-16(2)10-6-5-7-12(16)11-19-14-9-4-3-8-13(14)15(17)18/h3-10,12H,11H2,1-2H3,(H,17,18). The molecule has 1 N–H and O–H groups in total. The van der Waals surface area contributed by atoms with Crippen molar-refractivity contribution in [3.8, 4) is 5.75 Å². The lowest BCUT2D eigenvalue weighted by molar-refractivity contribution is 0.0691. The largest absolute Gasteiger partial charge is 0.492 e. The number of carboxylic acids is 1. The molecule has 2 rings (SSSR count). The molecule has 3 heteroatoms. The van der Waals surface area contributed by atoms with Gasteiger partial charge in [-0.1, -0.05) is 50.3 Å². The van der Waals surface area contributed by atoms with E-state index in [1.54, 1.807) is 24.3 Å². The number of ether oxygens (including phenoxy) is 1. The van der Waals surface area contributed by atoms with E-state index >= 15 is 0 Å². The van der Waals surface area contributed by atoms with E-state index in [9.17, 15) is 4.79 Å². The van der Waals surface area contributed by atoms with Crippen LogP contribution in [0.1, 0.15) is 24.2 Å². The van der Waals surface area contributed by atoms with Gasteiger partial charge in [-0.25, -0.2) is 4.79 Å². The highest BCUT2D eigenvalue weighted by atomic mass is 16.5. The van der Waals surface area contributed by atoms with Crippen molar-refractivity contribution in [1.29, 1.82) is 0 Å². The van der Waals surface area contributed by atoms with Crippen LogP contribution in [0.15, 0.2) is 48.6 Å². The molecular weight excluding hydrogens is 240 g/mol. The van der Waals surface area contributed by atoms with Gasteiger partial charge < -0.3 is 9.84 Å². The van der Waals surface area contributed by atoms with Crippen molar-refractivity contribution in [3.63, 3.8) is 0 Å². The maximum absolute atomic E-state index is 11.1. The molecule has 1 unspecified atom stereocenters. The second-order valence-corrected chi connectivity index (χ2v) is 5.28. The van der Waals surface area contributed by atoms with Crippen LogP contribution in [0.4, 0.5) is 0 Å². The Kier molecular flexibility index (Phi) is 3.74. The number of hydrogen-bond acceptors (Lipinski definition) is 2. The van der Waals surface area contributed by atoms with Crippen molar-refractivity contribution in [2.45, 2.75) is 13.8 Å². The quantitative estimate of drug-likeness (QED) is 0.898. The number of para-hydroxylation sites is 1. The van der Waals surface area contributed by atoms with Crippen LogP contribution in [0.2, 0.25) is 0 Å². The van der Waals surface area contributed by atoms with Crippen LogP contribution in [-0.2, 0) is 0 Å². The minimum absolute atomic E-state index is 0.0208. The highest BCUT2D eigenvalue weighted by Gasteiger charge is 2.27. The molecule has 1 aromatic rings. The Hall–Kier alpha value is -2.03. The van der Waals surface area contributed by atoms with Gasteiger partial charge in [-0.15, -0.1) is 0 Å². The lowest BCUT2D eigenvalue weighted by Crippen LogP contribution is -2.27. The number of aromatic carboxylic acids is 1. The molecule has 0 aromatic heterocycles. The van der Waals surface area contributed by atoms with Gasteiger partial charge >= 0.3 is 5.97 Å². The smallest absolute Gasteiger partial charge is 0.339 e. The summed E-state index contributed by atoms with van der Waals surface area (Å²) in [5.41, 5.74) is 0.225. The normalized spacial score (nSPS) is 20.2. The molecule has 0 amide bonds. The lowest BCUT2D eigenvalue weighted by Gasteiger charge is -2.31. The van der Waals surface area contributed by atoms with Crippen LogP contribution in [0.5, 0.6) is 5.75 Å². The Balaban J connectivity index is 2.09. The topological polar surface area (TPSA) is 46.5 Å². The first-order valence-electron chi connectivity index (χ1n) is 6.32. The molecule has 0 heterocycles. The van der Waals surface area contributed by atoms with Gasteiger partial charge in [0, 0.05) is 5.92 Å². The number of carboxylic acid groups (broad SMARTS) is 1. The molecule has 3 nitrogen and oxygen atoms in total. The second-order valence-electron chi connectivity index (χ2n) is 5.28. The van der Waals surface area contributed by atoms with Crippen LogP contribution in [0, 0.1) is 11.3 Å². The summed E-state index contributed by atoms with van der Waals surface area (Å²) in [6.45, 7) is 4.76. The van der Waals surface area contributed by atoms with Crippen LogP contribution >= 0.6 is 0 Å². The third-order valence-electron chi connectivity index (χ3n) is 3.47. The van der Waals surface area contributed by atoms with E-state index in [-0.39, 0.29) is 16.9 Å². The third kappa shape index (κ3) is 3.05. The van der Waals surface area contributed by atoms with Gasteiger partial charge in [0.15, 0.2) is 0 Å². The Morgan fingerprint density at radius 1 is 1.32 bits per heavy atom. The monoisotopic (exact) mass is 258 g/mol. The molecule has 19 heavy (non-hydrogen) atoms. The first kappa shape index (κ1) is 13.4. The Bertz CT molecular complexity index is 527. The third-order valence-corrected chi connectivity index (χ3v) is 3.47. The SMILES string of the molecule is CC1(C)C=CC=CC1COc1ccccc1C(=O)O. The average Bonchev–Trinajstić information content (AvgIpc) is 2.37. The molecule has 1 atom stereocenters. The molecule has 0 spiro atoms. The summed E-state index contributed by atoms with van der Waals surface area (Å²) in [6, 6.07) is 6.73. The number of rotatable bonds is 4. The second kappa shape index (κ2) is 5.31. The van der Waals surface area contributed by atoms with E-state index in [0.717, 1.165) is 0 Å². The maximum atomic E-state index is 11.1. The molecule has 0 bridgehead atoms. The molecule has 0 radical (unpaired) electrons. The summed E-state index contributed by atoms with van der Waals surface area (Å²) < 4.78 is 5.71. The summed E-state index contributed by atoms with van der Waals surface area (Å²) in [5, 5.41) is 9.10. The molecule has 1 aliphatic carbocycles. The molecule has 100 valence electrons. The van der Waals surface area contributed by atoms with E-state index in [1.165, 1.54) is 0 Å². The summed E-state index contributed by atoms with van der Waals surface area (Å²) in [4.78, 5) is 11.1. The fourth-order valence-electron chi connectivity index (χ4n) is 2.09. The Labute approximate surface area is 113 Å². The van der Waals surface area contributed by atoms with Gasteiger partial charge in [-0.2, -0.15) is 0 Å². The van der Waals surface area contributed by atoms with Gasteiger partial charge in [-0.3, -0.25) is 0 Å². The van der Waals surface area contributed by atoms with Crippen molar-refractivity contribution in [2.75, 3.05) is 6.61 Å². The number of carbonyl (C=O) groups is 1. The minimum atomic E-state index is -0.964. The van der Waals surface area contributed by atoms with Gasteiger partial charge in [0.05, 0.1) is 6.61 Å². The van der Waals surface area contributed by atoms with Crippen molar-refractivity contribution in [3.05, 3.63) is 54.1 Å². The first-order valence-corrected chi connectivity index (χ1v) is 6.32. The number of benzene rings is 1. The fraction of sp³-hybridized carbons (Fsp3) is 0.312. The minimum Gasteiger partial charge on any atom is -0.492 e. The lowest BCUT2D eigenvalue weighted by atomic mass is 9.76. The predicted molar refractivity (Wildman–Crippen MR) is 74.4 cm³/mol. The summed E-state index contributed by atoms with van der Waals surface area (Å²) in [6.07, 6.45) is 8.28. The fourth-order valence-corrected chi connectivity index (χ4v) is 2.09. The van der Waals surface area contributed by atoms with Gasteiger partial charge in [0.1, 0.15) is 11.3 Å². The first-order chi connectivity index (χ1) is 9.00. The zero-order chi connectivity index (χ0) is 13.9. The molecule has 0 saturated heterocycles. The van der Waals surface area contributed by atoms with Gasteiger partial charge in [0.25, 0.3) is 0 Å². The number of allylic oxidation sites excluding steroid dienone is 3. The van der Waals surface area contributed by atoms with Gasteiger partial charge in [-0.05, 0) is 17.5 Å². The Morgan fingerprint density at radius 3 is 2.74 bits per heavy atom. The van der Waals surface area contributed by atoms with E-state index in [0.29, 0.717) is 12.4 Å². The van der Waals surface area contributed by atoms with Crippen LogP contribution in [-0.4, -0.2) is 17.7 Å². The van der Waals surface area contributed by atoms with E-state index in [2.05, 4.69) is 26.0 Å². The van der Waals surface area contributed by atoms with E-state index in [1.807, 2.05) is 12.2 Å². The molecular formula is C16H18O3. The highest BCUT2D eigenvalue weighted by molar-refractivity contribution is 5.90. The molecule has 0 fully saturated rings. The van der Waals surface area contributed by atoms with Crippen LogP contribution < -0.4 is 4.74 Å². The summed E-state index contributed by atoms with van der Waals surface area (Å²) >= 11 is 0. The van der Waals surface area contributed by atoms with Crippen molar-refractivity contribution < 1.29 is 14.6 Å². The van der Waals surface area contributed by atoms with Crippen molar-refractivity contribution in [2.24, 2.45) is 11.3 Å². The highest BCUT2D eigenvalue weighted by Crippen LogP contribution is 2.33. The zero-order valence-electron chi connectivity index (χ0n) is 11.2. The molecule has 1 aliphatic rings. The van der Waals surface area contributed by atoms with Crippen molar-refractivity contribution in [1.82, 2.24) is 0 Å². The van der Waals surface area contributed by atoms with E-state index in [4.69, 9.17) is 9.84 Å².